The molecule has 0 spiro atoms. The average Bonchev–Trinajstić information content (AvgIpc) is 3.08. The number of carbonyl (C=O) groups is 2. The van der Waals surface area contributed by atoms with Gasteiger partial charge in [-0.15, -0.1) is 0 Å². The second-order valence-corrected chi connectivity index (χ2v) is 7.26. The maximum Gasteiger partial charge on any atom is 0.414 e. The van der Waals surface area contributed by atoms with Crippen molar-refractivity contribution in [3.8, 4) is 11.1 Å². The Kier molecular flexibility index (Phi) is 7.11. The van der Waals surface area contributed by atoms with Gasteiger partial charge in [0.15, 0.2) is 0 Å². The fourth-order valence-electron chi connectivity index (χ4n) is 3.12. The Balaban J connectivity index is 1.68. The van der Waals surface area contributed by atoms with Gasteiger partial charge in [0.2, 0.25) is 5.91 Å². The predicted octanol–water partition coefficient (Wildman–Crippen LogP) is 2.97. The lowest BCUT2D eigenvalue weighted by Crippen LogP contribution is -2.33. The molecule has 1 aliphatic heterocycles. The molecular weight excluding hydrogens is 393 g/mol. The number of amides is 2. The van der Waals surface area contributed by atoms with Gasteiger partial charge in [0.25, 0.3) is 0 Å². The first-order valence-electron chi connectivity index (χ1n) is 9.41. The molecule has 2 N–H and O–H groups in total. The lowest BCUT2D eigenvalue weighted by atomic mass is 10.0. The topological polar surface area (TPSA) is 70.7 Å². The summed E-state index contributed by atoms with van der Waals surface area (Å²) in [5.41, 5.74) is 2.76. The number of thiol groups is 1. The number of nitrogens with zero attached hydrogens (tertiary/aromatic N) is 1. The van der Waals surface area contributed by atoms with Crippen LogP contribution in [0.1, 0.15) is 12.5 Å². The Morgan fingerprint density at radius 1 is 1.28 bits per heavy atom. The zero-order chi connectivity index (χ0) is 20.8. The van der Waals surface area contributed by atoms with Crippen LogP contribution in [0, 0.1) is 5.82 Å². The molecule has 1 atom stereocenters. The molecule has 3 rings (SSSR count). The number of halogens is 1. The van der Waals surface area contributed by atoms with Crippen LogP contribution in [0.3, 0.4) is 0 Å². The fourth-order valence-corrected chi connectivity index (χ4v) is 3.27. The summed E-state index contributed by atoms with van der Waals surface area (Å²) in [5, 5.41) is 5.88. The van der Waals surface area contributed by atoms with Crippen LogP contribution in [0.15, 0.2) is 42.5 Å². The lowest BCUT2D eigenvalue weighted by molar-refractivity contribution is -0.119. The van der Waals surface area contributed by atoms with Crippen molar-refractivity contribution in [2.75, 3.05) is 30.3 Å². The van der Waals surface area contributed by atoms with Crippen LogP contribution in [0.25, 0.3) is 11.1 Å². The minimum atomic E-state index is -0.550. The molecule has 0 bridgehead atoms. The van der Waals surface area contributed by atoms with Gasteiger partial charge in [-0.25, -0.2) is 9.18 Å². The predicted molar refractivity (Wildman–Crippen MR) is 114 cm³/mol. The zero-order valence-electron chi connectivity index (χ0n) is 16.2. The normalized spacial score (nSPS) is 16.0. The van der Waals surface area contributed by atoms with E-state index in [2.05, 4.69) is 23.3 Å². The Labute approximate surface area is 174 Å². The van der Waals surface area contributed by atoms with Crippen molar-refractivity contribution in [2.45, 2.75) is 19.6 Å². The van der Waals surface area contributed by atoms with E-state index in [0.29, 0.717) is 11.3 Å². The number of benzene rings is 2. The Bertz CT molecular complexity index is 876. The molecule has 2 aromatic carbocycles. The van der Waals surface area contributed by atoms with E-state index in [1.54, 1.807) is 12.1 Å². The molecule has 8 heteroatoms. The van der Waals surface area contributed by atoms with Crippen molar-refractivity contribution in [2.24, 2.45) is 0 Å². The van der Waals surface area contributed by atoms with Crippen molar-refractivity contribution in [3.05, 3.63) is 53.8 Å². The maximum atomic E-state index is 14.8. The number of carbonyl (C=O) groups excluding carboxylic acids is 2. The van der Waals surface area contributed by atoms with E-state index in [1.807, 2.05) is 24.3 Å². The molecule has 0 aromatic heterocycles. The number of ether oxygens (including phenoxy) is 1. The molecular formula is C21H24FN3O3S. The van der Waals surface area contributed by atoms with E-state index >= 15 is 0 Å². The molecule has 1 fully saturated rings. The SMILES string of the molecule is CC(=O)NC[C@H]1CN(c2ccc(-c3ccc(CNCCS)cc3)c(F)c2)C(=O)O1. The molecule has 6 nitrogen and oxygen atoms in total. The highest BCUT2D eigenvalue weighted by atomic mass is 32.1. The van der Waals surface area contributed by atoms with Gasteiger partial charge in [0, 0.05) is 31.3 Å². The monoisotopic (exact) mass is 417 g/mol. The molecule has 29 heavy (non-hydrogen) atoms. The zero-order valence-corrected chi connectivity index (χ0v) is 17.0. The summed E-state index contributed by atoms with van der Waals surface area (Å²) in [5.74, 6) is 0.161. The molecule has 2 aromatic rings. The minimum absolute atomic E-state index is 0.196. The molecule has 0 saturated carbocycles. The molecule has 1 saturated heterocycles. The highest BCUT2D eigenvalue weighted by Crippen LogP contribution is 2.29. The van der Waals surface area contributed by atoms with Crippen molar-refractivity contribution in [3.63, 3.8) is 0 Å². The van der Waals surface area contributed by atoms with Gasteiger partial charge >= 0.3 is 6.09 Å². The summed E-state index contributed by atoms with van der Waals surface area (Å²) in [6.07, 6.45) is -1.01. The first kappa shape index (κ1) is 21.1. The van der Waals surface area contributed by atoms with E-state index < -0.39 is 18.0 Å². The lowest BCUT2D eigenvalue weighted by Gasteiger charge is -2.15. The molecule has 154 valence electrons. The largest absolute Gasteiger partial charge is 0.442 e. The number of anilines is 1. The Hall–Kier alpha value is -2.58. The summed E-state index contributed by atoms with van der Waals surface area (Å²) < 4.78 is 20.0. The highest BCUT2D eigenvalue weighted by Gasteiger charge is 2.32. The molecule has 1 heterocycles. The number of hydrogen-bond acceptors (Lipinski definition) is 5. The van der Waals surface area contributed by atoms with Gasteiger partial charge in [-0.3, -0.25) is 9.69 Å². The molecule has 0 unspecified atom stereocenters. The number of nitrogens with one attached hydrogen (secondary N) is 2. The quantitative estimate of drug-likeness (QED) is 0.456. The Morgan fingerprint density at radius 2 is 2.03 bits per heavy atom. The minimum Gasteiger partial charge on any atom is -0.442 e. The first-order chi connectivity index (χ1) is 14.0. The average molecular weight is 418 g/mol. The number of rotatable bonds is 8. The second kappa shape index (κ2) is 9.76. The van der Waals surface area contributed by atoms with E-state index in [4.69, 9.17) is 4.74 Å². The standard InChI is InChI=1S/C21H24FN3O3S/c1-14(26)24-12-18-13-25(21(27)28-18)17-6-7-19(20(22)10-17)16-4-2-15(3-5-16)11-23-8-9-29/h2-7,10,18,23,29H,8-9,11-13H2,1H3,(H,24,26)/t18-/m0/s1. The fraction of sp³-hybridized carbons (Fsp3) is 0.333. The number of cyclic esters (lactones) is 1. The first-order valence-corrected chi connectivity index (χ1v) is 10.0. The molecule has 0 radical (unpaired) electrons. The molecule has 0 aliphatic carbocycles. The van der Waals surface area contributed by atoms with E-state index in [-0.39, 0.29) is 19.0 Å². The molecule has 1 aliphatic rings. The van der Waals surface area contributed by atoms with Gasteiger partial charge in [0.1, 0.15) is 11.9 Å². The van der Waals surface area contributed by atoms with Crippen LogP contribution >= 0.6 is 12.6 Å². The van der Waals surface area contributed by atoms with Gasteiger partial charge in [-0.05, 0) is 29.3 Å². The highest BCUT2D eigenvalue weighted by molar-refractivity contribution is 7.80. The summed E-state index contributed by atoms with van der Waals surface area (Å²) >= 11 is 4.16. The number of hydrogen-bond donors (Lipinski definition) is 3. The third kappa shape index (κ3) is 5.48. The van der Waals surface area contributed by atoms with Crippen molar-refractivity contribution in [1.82, 2.24) is 10.6 Å². The van der Waals surface area contributed by atoms with E-state index in [0.717, 1.165) is 30.0 Å². The van der Waals surface area contributed by atoms with E-state index in [9.17, 15) is 14.0 Å². The van der Waals surface area contributed by atoms with Gasteiger partial charge in [0.05, 0.1) is 18.8 Å². The smallest absolute Gasteiger partial charge is 0.414 e. The summed E-state index contributed by atoms with van der Waals surface area (Å²) in [7, 11) is 0. The van der Waals surface area contributed by atoms with Crippen molar-refractivity contribution in [1.29, 1.82) is 0 Å². The van der Waals surface area contributed by atoms with Crippen molar-refractivity contribution < 1.29 is 18.7 Å². The van der Waals surface area contributed by atoms with Crippen LogP contribution in [0.5, 0.6) is 0 Å². The third-order valence-electron chi connectivity index (χ3n) is 4.60. The van der Waals surface area contributed by atoms with Crippen LogP contribution in [-0.2, 0) is 16.1 Å². The van der Waals surface area contributed by atoms with Gasteiger partial charge in [-0.1, -0.05) is 24.3 Å². The van der Waals surface area contributed by atoms with E-state index in [1.165, 1.54) is 17.9 Å². The molecule has 2 amide bonds. The van der Waals surface area contributed by atoms with Crippen LogP contribution in [-0.4, -0.2) is 43.5 Å². The van der Waals surface area contributed by atoms with Crippen LogP contribution in [0.4, 0.5) is 14.9 Å². The Morgan fingerprint density at radius 3 is 2.69 bits per heavy atom. The second-order valence-electron chi connectivity index (χ2n) is 6.81. The van der Waals surface area contributed by atoms with Crippen molar-refractivity contribution >= 4 is 30.3 Å². The summed E-state index contributed by atoms with van der Waals surface area (Å²) in [6.45, 7) is 3.44. The summed E-state index contributed by atoms with van der Waals surface area (Å²) in [6, 6.07) is 12.4. The van der Waals surface area contributed by atoms with Crippen LogP contribution in [0.2, 0.25) is 0 Å². The van der Waals surface area contributed by atoms with Gasteiger partial charge in [-0.2, -0.15) is 12.6 Å². The van der Waals surface area contributed by atoms with Gasteiger partial charge < -0.3 is 15.4 Å². The third-order valence-corrected chi connectivity index (χ3v) is 4.82. The maximum absolute atomic E-state index is 14.8. The van der Waals surface area contributed by atoms with Crippen LogP contribution < -0.4 is 15.5 Å². The summed E-state index contributed by atoms with van der Waals surface area (Å²) in [4.78, 5) is 24.5.